The summed E-state index contributed by atoms with van der Waals surface area (Å²) in [6, 6.07) is 0. The third-order valence-electron chi connectivity index (χ3n) is 1.61. The molecule has 9 heteroatoms. The van der Waals surface area contributed by atoms with Gasteiger partial charge in [0, 0.05) is 0 Å². The van der Waals surface area contributed by atoms with E-state index in [-0.39, 0.29) is 0 Å². The average molecular weight is 233 g/mol. The second-order valence-electron chi connectivity index (χ2n) is 2.52. The lowest BCUT2D eigenvalue weighted by molar-refractivity contribution is 0.0687. The zero-order valence-corrected chi connectivity index (χ0v) is 8.41. The molecule has 0 spiro atoms. The van der Waals surface area contributed by atoms with Crippen molar-refractivity contribution in [1.29, 1.82) is 0 Å². The van der Waals surface area contributed by atoms with Gasteiger partial charge >= 0.3 is 5.97 Å². The van der Waals surface area contributed by atoms with Gasteiger partial charge in [-0.3, -0.25) is 4.79 Å². The zero-order valence-electron chi connectivity index (χ0n) is 7.59. The van der Waals surface area contributed by atoms with Gasteiger partial charge in [0.05, 0.1) is 5.75 Å². The molecular formula is C6H7N3O5S. The highest BCUT2D eigenvalue weighted by molar-refractivity contribution is 8.06. The Balaban J connectivity index is 3.24. The Labute approximate surface area is 84.2 Å². The molecule has 15 heavy (non-hydrogen) atoms. The first-order chi connectivity index (χ1) is 6.90. The van der Waals surface area contributed by atoms with Gasteiger partial charge in [0.2, 0.25) is 15.5 Å². The molecule has 1 aromatic rings. The van der Waals surface area contributed by atoms with Crippen molar-refractivity contribution in [2.75, 3.05) is 5.75 Å². The first-order valence-corrected chi connectivity index (χ1v) is 5.46. The fourth-order valence-electron chi connectivity index (χ4n) is 0.801. The van der Waals surface area contributed by atoms with Gasteiger partial charge in [0.15, 0.2) is 5.69 Å². The Hall–Kier alpha value is -1.77. The first kappa shape index (κ1) is 11.3. The predicted molar refractivity (Wildman–Crippen MR) is 47.1 cm³/mol. The summed E-state index contributed by atoms with van der Waals surface area (Å²) < 4.78 is 22.3. The van der Waals surface area contributed by atoms with Gasteiger partial charge in [-0.05, 0) is 0 Å². The van der Waals surface area contributed by atoms with Crippen molar-refractivity contribution in [3.63, 3.8) is 0 Å². The second kappa shape index (κ2) is 3.77. The highest BCUT2D eigenvalue weighted by Gasteiger charge is 2.30. The monoisotopic (exact) mass is 233 g/mol. The predicted octanol–water partition coefficient (Wildman–Crippen LogP) is -0.922. The van der Waals surface area contributed by atoms with Crippen LogP contribution in [0.5, 0.6) is 0 Å². The van der Waals surface area contributed by atoms with E-state index in [0.717, 1.165) is 0 Å². The van der Waals surface area contributed by atoms with Crippen LogP contribution in [0.15, 0.2) is 0 Å². The lowest BCUT2D eigenvalue weighted by Gasteiger charge is -1.96. The van der Waals surface area contributed by atoms with Crippen LogP contribution in [0.1, 0.15) is 27.9 Å². The lowest BCUT2D eigenvalue weighted by atomic mass is 10.3. The number of H-pyrrole nitrogens is 1. The van der Waals surface area contributed by atoms with Gasteiger partial charge in [-0.25, -0.2) is 13.2 Å². The van der Waals surface area contributed by atoms with Crippen LogP contribution in [0.3, 0.4) is 0 Å². The minimum Gasteiger partial charge on any atom is -0.476 e. The largest absolute Gasteiger partial charge is 0.476 e. The number of carbonyl (C=O) groups is 2. The van der Waals surface area contributed by atoms with Gasteiger partial charge in [0.1, 0.15) is 0 Å². The zero-order chi connectivity index (χ0) is 11.6. The quantitative estimate of drug-likeness (QED) is 0.690. The van der Waals surface area contributed by atoms with Crippen LogP contribution in [0, 0.1) is 0 Å². The number of carboxylic acids is 1. The number of hydrogen-bond acceptors (Lipinski definition) is 6. The highest BCUT2D eigenvalue weighted by atomic mass is 32.2. The fraction of sp³-hybridized carbons (Fsp3) is 0.333. The summed E-state index contributed by atoms with van der Waals surface area (Å²) >= 11 is 0. The van der Waals surface area contributed by atoms with E-state index in [1.165, 1.54) is 6.92 Å². The van der Waals surface area contributed by atoms with E-state index in [1.807, 2.05) is 5.21 Å². The van der Waals surface area contributed by atoms with E-state index < -0.39 is 38.1 Å². The van der Waals surface area contributed by atoms with E-state index in [2.05, 4.69) is 10.2 Å². The maximum atomic E-state index is 11.3. The molecule has 8 nitrogen and oxygen atoms in total. The van der Waals surface area contributed by atoms with Crippen molar-refractivity contribution in [2.24, 2.45) is 0 Å². The summed E-state index contributed by atoms with van der Waals surface area (Å²) in [6.45, 7) is 1.27. The Morgan fingerprint density at radius 1 is 1.33 bits per heavy atom. The third-order valence-corrected chi connectivity index (χ3v) is 3.12. The van der Waals surface area contributed by atoms with Crippen LogP contribution in [-0.4, -0.2) is 45.8 Å². The molecule has 0 saturated heterocycles. The molecule has 0 unspecified atom stereocenters. The van der Waals surface area contributed by atoms with Crippen LogP contribution in [0.2, 0.25) is 0 Å². The molecule has 1 rings (SSSR count). The molecule has 0 fully saturated rings. The van der Waals surface area contributed by atoms with Crippen LogP contribution in [0.4, 0.5) is 0 Å². The second-order valence-corrected chi connectivity index (χ2v) is 4.69. The number of carbonyl (C=O) groups excluding carboxylic acids is 1. The minimum absolute atomic E-state index is 0.419. The molecule has 0 saturated carbocycles. The SMILES string of the molecule is CCS(=O)(=O)C(=O)c1n[nH]nc1C(=O)O. The molecule has 0 aliphatic heterocycles. The molecule has 82 valence electrons. The van der Waals surface area contributed by atoms with Crippen molar-refractivity contribution in [3.8, 4) is 0 Å². The highest BCUT2D eigenvalue weighted by Crippen LogP contribution is 2.07. The Morgan fingerprint density at radius 3 is 2.33 bits per heavy atom. The minimum atomic E-state index is -4.00. The summed E-state index contributed by atoms with van der Waals surface area (Å²) in [5, 5.41) is 15.5. The van der Waals surface area contributed by atoms with E-state index in [4.69, 9.17) is 5.11 Å². The van der Waals surface area contributed by atoms with Gasteiger partial charge in [-0.1, -0.05) is 6.92 Å². The van der Waals surface area contributed by atoms with Crippen LogP contribution >= 0.6 is 0 Å². The van der Waals surface area contributed by atoms with E-state index in [0.29, 0.717) is 0 Å². The smallest absolute Gasteiger partial charge is 0.358 e. The molecule has 0 amide bonds. The van der Waals surface area contributed by atoms with E-state index in [9.17, 15) is 18.0 Å². The molecular weight excluding hydrogens is 226 g/mol. The van der Waals surface area contributed by atoms with Crippen molar-refractivity contribution >= 4 is 20.9 Å². The maximum absolute atomic E-state index is 11.3. The standard InChI is InChI=1S/C6H7N3O5S/c1-2-15(13,14)6(12)4-3(5(10)11)7-9-8-4/h2H2,1H3,(H,10,11)(H,7,8,9). The number of nitrogens with zero attached hydrogens (tertiary/aromatic N) is 2. The summed E-state index contributed by atoms with van der Waals surface area (Å²) in [6.07, 6.45) is 0. The van der Waals surface area contributed by atoms with E-state index >= 15 is 0 Å². The molecule has 0 radical (unpaired) electrons. The maximum Gasteiger partial charge on any atom is 0.358 e. The number of rotatable bonds is 3. The summed E-state index contributed by atoms with van der Waals surface area (Å²) in [5.74, 6) is -1.93. The van der Waals surface area contributed by atoms with Crippen LogP contribution in [-0.2, 0) is 9.84 Å². The van der Waals surface area contributed by atoms with Crippen molar-refractivity contribution in [2.45, 2.75) is 6.92 Å². The van der Waals surface area contributed by atoms with Gasteiger partial charge in [0.25, 0.3) is 5.12 Å². The summed E-state index contributed by atoms with van der Waals surface area (Å²) in [4.78, 5) is 21.8. The Kier molecular flexibility index (Phi) is 2.84. The molecule has 0 bridgehead atoms. The van der Waals surface area contributed by atoms with Gasteiger partial charge < -0.3 is 5.11 Å². The summed E-state index contributed by atoms with van der Waals surface area (Å²) in [7, 11) is -4.00. The number of sulfone groups is 1. The number of hydrogen-bond donors (Lipinski definition) is 2. The molecule has 1 aromatic heterocycles. The summed E-state index contributed by atoms with van der Waals surface area (Å²) in [5.41, 5.74) is -1.39. The molecule has 0 aliphatic carbocycles. The molecule has 0 atom stereocenters. The fourth-order valence-corrected chi connectivity index (χ4v) is 1.50. The third kappa shape index (κ3) is 2.01. The molecule has 0 aromatic carbocycles. The molecule has 0 aliphatic rings. The first-order valence-electron chi connectivity index (χ1n) is 3.81. The molecule has 2 N–H and O–H groups in total. The van der Waals surface area contributed by atoms with E-state index in [1.54, 1.807) is 0 Å². The Morgan fingerprint density at radius 2 is 1.87 bits per heavy atom. The number of aromatic nitrogens is 3. The van der Waals surface area contributed by atoms with Gasteiger partial charge in [-0.2, -0.15) is 10.3 Å². The number of carboxylic acid groups (broad SMARTS) is 1. The van der Waals surface area contributed by atoms with Crippen LogP contribution < -0.4 is 0 Å². The van der Waals surface area contributed by atoms with Crippen LogP contribution in [0.25, 0.3) is 0 Å². The Bertz CT molecular complexity index is 503. The average Bonchev–Trinajstić information content (AvgIpc) is 2.64. The van der Waals surface area contributed by atoms with Crippen molar-refractivity contribution in [1.82, 2.24) is 15.4 Å². The van der Waals surface area contributed by atoms with Crippen molar-refractivity contribution in [3.05, 3.63) is 11.4 Å². The lowest BCUT2D eigenvalue weighted by Crippen LogP contribution is -2.20. The topological polar surface area (TPSA) is 130 Å². The molecule has 1 heterocycles. The number of nitrogens with one attached hydrogen (secondary N) is 1. The normalized spacial score (nSPS) is 11.3. The van der Waals surface area contributed by atoms with Gasteiger partial charge in [-0.15, -0.1) is 5.10 Å². The number of aromatic carboxylic acids is 1. The number of aromatic amines is 1. The van der Waals surface area contributed by atoms with Crippen molar-refractivity contribution < 1.29 is 23.1 Å².